The molecule has 1 unspecified atom stereocenters. The topological polar surface area (TPSA) is 54.7 Å². The highest BCUT2D eigenvalue weighted by Crippen LogP contribution is 2.26. The molecule has 3 rings (SSSR count). The number of aromatic nitrogens is 2. The maximum atomic E-state index is 13.4. The lowest BCUT2D eigenvalue weighted by molar-refractivity contribution is 0.622. The van der Waals surface area contributed by atoms with E-state index >= 15 is 0 Å². The van der Waals surface area contributed by atoms with Crippen molar-refractivity contribution in [3.05, 3.63) is 77.5 Å². The molecule has 1 heterocycles. The molecule has 1 aromatic heterocycles. The average molecular weight is 299 g/mol. The third-order valence-corrected chi connectivity index (χ3v) is 3.60. The number of nitrogens with two attached hydrogens (primary N) is 1. The number of benzene rings is 2. The van der Waals surface area contributed by atoms with Crippen LogP contribution in [-0.4, -0.2) is 16.7 Å². The third-order valence-electron chi connectivity index (χ3n) is 3.60. The molecule has 1 atom stereocenters. The van der Waals surface area contributed by atoms with Crippen molar-refractivity contribution < 1.29 is 8.78 Å². The first-order valence-electron chi connectivity index (χ1n) is 6.94. The molecular formula is C17H15F2N3. The van der Waals surface area contributed by atoms with E-state index < -0.39 is 0 Å². The lowest BCUT2D eigenvalue weighted by Crippen LogP contribution is -2.14. The number of aromatic amines is 1. The van der Waals surface area contributed by atoms with Crippen molar-refractivity contribution in [3.8, 4) is 11.3 Å². The van der Waals surface area contributed by atoms with Gasteiger partial charge in [0.05, 0.1) is 5.69 Å². The van der Waals surface area contributed by atoms with E-state index in [0.29, 0.717) is 12.2 Å². The van der Waals surface area contributed by atoms with Gasteiger partial charge < -0.3 is 5.73 Å². The number of hydrogen-bond donors (Lipinski definition) is 2. The number of halogens is 2. The highest BCUT2D eigenvalue weighted by molar-refractivity contribution is 5.59. The molecule has 0 aliphatic carbocycles. The van der Waals surface area contributed by atoms with Gasteiger partial charge in [-0.3, -0.25) is 5.10 Å². The van der Waals surface area contributed by atoms with Gasteiger partial charge in [-0.15, -0.1) is 0 Å². The Morgan fingerprint density at radius 2 is 1.77 bits per heavy atom. The van der Waals surface area contributed by atoms with Crippen LogP contribution in [0.3, 0.4) is 0 Å². The number of hydrogen-bond acceptors (Lipinski definition) is 2. The first-order valence-corrected chi connectivity index (χ1v) is 6.94. The summed E-state index contributed by atoms with van der Waals surface area (Å²) in [5, 5.41) is 7.18. The molecule has 22 heavy (non-hydrogen) atoms. The molecule has 2 aromatic carbocycles. The fourth-order valence-corrected chi connectivity index (χ4v) is 2.45. The molecule has 3 aromatic rings. The minimum Gasteiger partial charge on any atom is -0.329 e. The molecule has 0 aliphatic heterocycles. The maximum Gasteiger partial charge on any atom is 0.123 e. The lowest BCUT2D eigenvalue weighted by atomic mass is 9.95. The summed E-state index contributed by atoms with van der Waals surface area (Å²) in [6, 6.07) is 14.3. The molecule has 5 heteroatoms. The molecule has 0 amide bonds. The zero-order chi connectivity index (χ0) is 15.5. The minimum atomic E-state index is -0.297. The fourth-order valence-electron chi connectivity index (χ4n) is 2.45. The molecule has 0 saturated heterocycles. The quantitative estimate of drug-likeness (QED) is 0.775. The molecule has 3 nitrogen and oxygen atoms in total. The second-order valence-electron chi connectivity index (χ2n) is 5.06. The van der Waals surface area contributed by atoms with Gasteiger partial charge in [-0.2, -0.15) is 5.10 Å². The van der Waals surface area contributed by atoms with Crippen molar-refractivity contribution >= 4 is 0 Å². The van der Waals surface area contributed by atoms with E-state index in [1.54, 1.807) is 18.2 Å². The Morgan fingerprint density at radius 3 is 2.45 bits per heavy atom. The third kappa shape index (κ3) is 2.89. The SMILES string of the molecule is NCC(c1cccc(F)c1)c1cc(-c2ccc(F)cc2)n[nH]1. The van der Waals surface area contributed by atoms with Gasteiger partial charge >= 0.3 is 0 Å². The second kappa shape index (κ2) is 6.07. The van der Waals surface area contributed by atoms with E-state index in [4.69, 9.17) is 5.73 Å². The standard InChI is InChI=1S/C17H15F2N3/c18-13-6-4-11(5-7-13)16-9-17(22-21-16)15(10-20)12-2-1-3-14(19)8-12/h1-9,15H,10,20H2,(H,21,22). The number of nitrogens with zero attached hydrogens (tertiary/aromatic N) is 1. The fraction of sp³-hybridized carbons (Fsp3) is 0.118. The normalized spacial score (nSPS) is 12.3. The maximum absolute atomic E-state index is 13.4. The largest absolute Gasteiger partial charge is 0.329 e. The van der Waals surface area contributed by atoms with Crippen LogP contribution in [0.5, 0.6) is 0 Å². The van der Waals surface area contributed by atoms with E-state index in [2.05, 4.69) is 10.2 Å². The number of nitrogens with one attached hydrogen (secondary N) is 1. The van der Waals surface area contributed by atoms with E-state index in [9.17, 15) is 8.78 Å². The molecule has 0 spiro atoms. The monoisotopic (exact) mass is 299 g/mol. The van der Waals surface area contributed by atoms with Crippen molar-refractivity contribution in [2.45, 2.75) is 5.92 Å². The van der Waals surface area contributed by atoms with Crippen molar-refractivity contribution in [2.75, 3.05) is 6.54 Å². The van der Waals surface area contributed by atoms with Crippen molar-refractivity contribution in [3.63, 3.8) is 0 Å². The molecule has 0 aliphatic rings. The summed E-state index contributed by atoms with van der Waals surface area (Å²) in [4.78, 5) is 0. The average Bonchev–Trinajstić information content (AvgIpc) is 2.98. The summed E-state index contributed by atoms with van der Waals surface area (Å²) < 4.78 is 26.4. The van der Waals surface area contributed by atoms with Crippen LogP contribution in [0.25, 0.3) is 11.3 Å². The van der Waals surface area contributed by atoms with Gasteiger partial charge in [0.25, 0.3) is 0 Å². The van der Waals surface area contributed by atoms with Gasteiger partial charge in [0.1, 0.15) is 11.6 Å². The van der Waals surface area contributed by atoms with Gasteiger partial charge in [-0.05, 0) is 48.0 Å². The molecule has 0 saturated carbocycles. The van der Waals surface area contributed by atoms with Gasteiger partial charge in [-0.25, -0.2) is 8.78 Å². The molecule has 112 valence electrons. The Kier molecular flexibility index (Phi) is 3.98. The van der Waals surface area contributed by atoms with E-state index in [1.807, 2.05) is 12.1 Å². The highest BCUT2D eigenvalue weighted by atomic mass is 19.1. The van der Waals surface area contributed by atoms with E-state index in [-0.39, 0.29) is 17.6 Å². The van der Waals surface area contributed by atoms with Crippen molar-refractivity contribution in [2.24, 2.45) is 5.73 Å². The zero-order valence-electron chi connectivity index (χ0n) is 11.8. The second-order valence-corrected chi connectivity index (χ2v) is 5.06. The molecular weight excluding hydrogens is 284 g/mol. The van der Waals surface area contributed by atoms with E-state index in [0.717, 1.165) is 16.8 Å². The summed E-state index contributed by atoms with van der Waals surface area (Å²) in [6.07, 6.45) is 0. The van der Waals surface area contributed by atoms with Gasteiger partial charge in [0, 0.05) is 23.7 Å². The van der Waals surface area contributed by atoms with Crippen LogP contribution >= 0.6 is 0 Å². The molecule has 3 N–H and O–H groups in total. The van der Waals surface area contributed by atoms with Crippen LogP contribution in [0.1, 0.15) is 17.2 Å². The molecule has 0 bridgehead atoms. The zero-order valence-corrected chi connectivity index (χ0v) is 11.8. The predicted octanol–water partition coefficient (Wildman–Crippen LogP) is 3.45. The summed E-state index contributed by atoms with van der Waals surface area (Å²) in [7, 11) is 0. The predicted molar refractivity (Wildman–Crippen MR) is 81.3 cm³/mol. The summed E-state index contributed by atoms with van der Waals surface area (Å²) >= 11 is 0. The van der Waals surface area contributed by atoms with Crippen LogP contribution in [0.2, 0.25) is 0 Å². The first kappa shape index (κ1) is 14.4. The summed E-state index contributed by atoms with van der Waals surface area (Å²) in [6.45, 7) is 0.328. The number of rotatable bonds is 4. The van der Waals surface area contributed by atoms with Crippen LogP contribution in [0.4, 0.5) is 8.78 Å². The Balaban J connectivity index is 1.93. The van der Waals surface area contributed by atoms with Crippen LogP contribution in [0, 0.1) is 11.6 Å². The minimum absolute atomic E-state index is 0.169. The smallest absolute Gasteiger partial charge is 0.123 e. The summed E-state index contributed by atoms with van der Waals surface area (Å²) in [5.74, 6) is -0.759. The van der Waals surface area contributed by atoms with Crippen molar-refractivity contribution in [1.82, 2.24) is 10.2 Å². The van der Waals surface area contributed by atoms with E-state index in [1.165, 1.54) is 24.3 Å². The van der Waals surface area contributed by atoms with Gasteiger partial charge in [0.2, 0.25) is 0 Å². The Morgan fingerprint density at radius 1 is 1.00 bits per heavy atom. The van der Waals surface area contributed by atoms with Crippen LogP contribution in [0.15, 0.2) is 54.6 Å². The highest BCUT2D eigenvalue weighted by Gasteiger charge is 2.16. The Bertz CT molecular complexity index is 766. The Hall–Kier alpha value is -2.53. The van der Waals surface area contributed by atoms with Crippen molar-refractivity contribution in [1.29, 1.82) is 0 Å². The number of H-pyrrole nitrogens is 1. The lowest BCUT2D eigenvalue weighted by Gasteiger charge is -2.13. The van der Waals surface area contributed by atoms with Crippen LogP contribution < -0.4 is 5.73 Å². The molecule has 0 radical (unpaired) electrons. The summed E-state index contributed by atoms with van der Waals surface area (Å²) in [5.41, 5.74) is 8.93. The molecule has 0 fully saturated rings. The van der Waals surface area contributed by atoms with Gasteiger partial charge in [0.15, 0.2) is 0 Å². The van der Waals surface area contributed by atoms with Gasteiger partial charge in [-0.1, -0.05) is 12.1 Å². The van der Waals surface area contributed by atoms with Crippen LogP contribution in [-0.2, 0) is 0 Å². The Labute approximate surface area is 126 Å². The first-order chi connectivity index (χ1) is 10.7.